The second-order valence-corrected chi connectivity index (χ2v) is 9.37. The SMILES string of the molecule is O=C(NCCN1CCN(c2ccncc2)CC1)c1ccc2[nH]c(=O)c3c(c2c1)CCSC3. The average molecular weight is 450 g/mol. The van der Waals surface area contributed by atoms with Gasteiger partial charge in [-0.15, -0.1) is 0 Å². The largest absolute Gasteiger partial charge is 0.369 e. The minimum atomic E-state index is -0.0625. The smallest absolute Gasteiger partial charge is 0.252 e. The molecule has 1 amide bonds. The predicted molar refractivity (Wildman–Crippen MR) is 130 cm³/mol. The van der Waals surface area contributed by atoms with Gasteiger partial charge in [0.15, 0.2) is 0 Å². The summed E-state index contributed by atoms with van der Waals surface area (Å²) < 4.78 is 0. The number of carbonyl (C=O) groups excluding carboxylic acids is 1. The Kier molecular flexibility index (Phi) is 6.14. The van der Waals surface area contributed by atoms with E-state index in [4.69, 9.17) is 0 Å². The van der Waals surface area contributed by atoms with Crippen LogP contribution in [0.5, 0.6) is 0 Å². The van der Waals surface area contributed by atoms with Gasteiger partial charge in [0.25, 0.3) is 11.5 Å². The Morgan fingerprint density at radius 1 is 1.09 bits per heavy atom. The van der Waals surface area contributed by atoms with Crippen molar-refractivity contribution in [1.29, 1.82) is 0 Å². The molecule has 8 heteroatoms. The summed E-state index contributed by atoms with van der Waals surface area (Å²) in [5, 5.41) is 4.07. The molecule has 0 unspecified atom stereocenters. The van der Waals surface area contributed by atoms with E-state index in [1.165, 1.54) is 5.69 Å². The second-order valence-electron chi connectivity index (χ2n) is 8.26. The quantitative estimate of drug-likeness (QED) is 0.622. The van der Waals surface area contributed by atoms with Crippen molar-refractivity contribution in [3.63, 3.8) is 0 Å². The number of fused-ring (bicyclic) bond motifs is 3. The molecule has 0 aliphatic carbocycles. The lowest BCUT2D eigenvalue weighted by Crippen LogP contribution is -2.48. The number of nitrogens with one attached hydrogen (secondary N) is 2. The zero-order valence-electron chi connectivity index (χ0n) is 18.0. The van der Waals surface area contributed by atoms with Crippen LogP contribution in [0.25, 0.3) is 10.9 Å². The first-order valence-corrected chi connectivity index (χ1v) is 12.3. The Morgan fingerprint density at radius 3 is 2.72 bits per heavy atom. The number of aromatic nitrogens is 2. The number of amides is 1. The highest BCUT2D eigenvalue weighted by Gasteiger charge is 2.19. The fraction of sp³-hybridized carbons (Fsp3) is 0.375. The van der Waals surface area contributed by atoms with E-state index in [0.717, 1.165) is 72.7 Å². The molecule has 2 N–H and O–H groups in total. The topological polar surface area (TPSA) is 81.3 Å². The number of thioether (sulfide) groups is 1. The minimum absolute atomic E-state index is 0.000861. The lowest BCUT2D eigenvalue weighted by Gasteiger charge is -2.36. The maximum Gasteiger partial charge on any atom is 0.252 e. The van der Waals surface area contributed by atoms with Crippen LogP contribution in [-0.2, 0) is 12.2 Å². The number of nitrogens with zero attached hydrogens (tertiary/aromatic N) is 3. The number of piperazine rings is 1. The molecule has 0 bridgehead atoms. The number of benzene rings is 1. The zero-order chi connectivity index (χ0) is 21.9. The minimum Gasteiger partial charge on any atom is -0.369 e. The van der Waals surface area contributed by atoms with E-state index in [2.05, 4.69) is 25.1 Å². The third-order valence-corrected chi connectivity index (χ3v) is 7.34. The van der Waals surface area contributed by atoms with Gasteiger partial charge >= 0.3 is 0 Å². The third-order valence-electron chi connectivity index (χ3n) is 6.35. The maximum absolute atomic E-state index is 12.8. The van der Waals surface area contributed by atoms with Gasteiger partial charge < -0.3 is 15.2 Å². The normalized spacial score (nSPS) is 16.7. The monoisotopic (exact) mass is 449 g/mol. The highest BCUT2D eigenvalue weighted by molar-refractivity contribution is 7.98. The number of anilines is 1. The van der Waals surface area contributed by atoms with E-state index in [-0.39, 0.29) is 11.5 Å². The molecule has 166 valence electrons. The van der Waals surface area contributed by atoms with Gasteiger partial charge in [-0.2, -0.15) is 11.8 Å². The van der Waals surface area contributed by atoms with Gasteiger partial charge in [-0.05, 0) is 48.1 Å². The van der Waals surface area contributed by atoms with Gasteiger partial charge in [-0.25, -0.2) is 0 Å². The van der Waals surface area contributed by atoms with Crippen LogP contribution in [0.3, 0.4) is 0 Å². The Bertz CT molecular complexity index is 1170. The zero-order valence-corrected chi connectivity index (χ0v) is 18.8. The molecule has 0 saturated carbocycles. The molecule has 2 aliphatic rings. The van der Waals surface area contributed by atoms with Gasteiger partial charge in [-0.3, -0.25) is 19.5 Å². The fourth-order valence-corrected chi connectivity index (χ4v) is 5.54. The second kappa shape index (κ2) is 9.34. The van der Waals surface area contributed by atoms with Crippen molar-refractivity contribution in [1.82, 2.24) is 20.2 Å². The van der Waals surface area contributed by atoms with Crippen LogP contribution in [0, 0.1) is 0 Å². The summed E-state index contributed by atoms with van der Waals surface area (Å²) in [6, 6.07) is 9.68. The van der Waals surface area contributed by atoms with Crippen LogP contribution in [0.2, 0.25) is 0 Å². The average Bonchev–Trinajstić information content (AvgIpc) is 2.85. The van der Waals surface area contributed by atoms with Crippen molar-refractivity contribution in [3.8, 4) is 0 Å². The molecular formula is C24H27N5O2S. The summed E-state index contributed by atoms with van der Waals surface area (Å²) in [5.41, 5.74) is 4.63. The summed E-state index contributed by atoms with van der Waals surface area (Å²) in [7, 11) is 0. The highest BCUT2D eigenvalue weighted by Crippen LogP contribution is 2.28. The molecule has 0 atom stereocenters. The molecule has 1 saturated heterocycles. The lowest BCUT2D eigenvalue weighted by molar-refractivity contribution is 0.0948. The van der Waals surface area contributed by atoms with Crippen LogP contribution in [-0.4, -0.2) is 65.8 Å². The first kappa shape index (κ1) is 21.0. The number of aryl methyl sites for hydroxylation is 1. The first-order valence-electron chi connectivity index (χ1n) is 11.1. The number of hydrogen-bond acceptors (Lipinski definition) is 6. The summed E-state index contributed by atoms with van der Waals surface area (Å²) in [4.78, 5) is 36.9. The number of rotatable bonds is 5. The third kappa shape index (κ3) is 4.38. The summed E-state index contributed by atoms with van der Waals surface area (Å²) in [6.45, 7) is 5.36. The van der Waals surface area contributed by atoms with E-state index in [0.29, 0.717) is 12.1 Å². The molecule has 4 heterocycles. The Labute approximate surface area is 191 Å². The number of hydrogen-bond donors (Lipinski definition) is 2. The van der Waals surface area contributed by atoms with Crippen molar-refractivity contribution >= 4 is 34.3 Å². The molecule has 0 radical (unpaired) electrons. The standard InChI is InChI=1S/C24H27N5O2S/c30-23(26-8-9-28-10-12-29(13-11-28)18-3-6-25-7-4-18)17-1-2-22-20(15-17)19-5-14-32-16-21(19)24(31)27-22/h1-4,6-7,15H,5,8-14,16H2,(H,26,30)(H,27,31). The van der Waals surface area contributed by atoms with E-state index < -0.39 is 0 Å². The molecular weight excluding hydrogens is 422 g/mol. The summed E-state index contributed by atoms with van der Waals surface area (Å²) >= 11 is 1.78. The Hall–Kier alpha value is -2.84. The van der Waals surface area contributed by atoms with E-state index in [9.17, 15) is 9.59 Å². The van der Waals surface area contributed by atoms with Gasteiger partial charge in [0.2, 0.25) is 0 Å². The molecule has 3 aromatic rings. The van der Waals surface area contributed by atoms with Crippen LogP contribution >= 0.6 is 11.8 Å². The predicted octanol–water partition coefficient (Wildman–Crippen LogP) is 2.26. The molecule has 0 spiro atoms. The molecule has 5 rings (SSSR count). The molecule has 7 nitrogen and oxygen atoms in total. The molecule has 2 aromatic heterocycles. The number of aromatic amines is 1. The number of pyridine rings is 2. The molecule has 2 aliphatic heterocycles. The van der Waals surface area contributed by atoms with Gasteiger partial charge in [-0.1, -0.05) is 0 Å². The molecule has 1 fully saturated rings. The van der Waals surface area contributed by atoms with Crippen LogP contribution < -0.4 is 15.8 Å². The van der Waals surface area contributed by atoms with Crippen molar-refractivity contribution in [2.75, 3.05) is 49.9 Å². The van der Waals surface area contributed by atoms with Gasteiger partial charge in [0.05, 0.1) is 0 Å². The number of H-pyrrole nitrogens is 1. The van der Waals surface area contributed by atoms with Crippen molar-refractivity contribution < 1.29 is 4.79 Å². The molecule has 1 aromatic carbocycles. The summed E-state index contributed by atoms with van der Waals surface area (Å²) in [6.07, 6.45) is 4.53. The van der Waals surface area contributed by atoms with Gasteiger partial charge in [0, 0.05) is 85.1 Å². The van der Waals surface area contributed by atoms with E-state index >= 15 is 0 Å². The van der Waals surface area contributed by atoms with Crippen molar-refractivity contribution in [3.05, 3.63) is 69.8 Å². The van der Waals surface area contributed by atoms with Gasteiger partial charge in [0.1, 0.15) is 0 Å². The first-order chi connectivity index (χ1) is 15.7. The van der Waals surface area contributed by atoms with Crippen molar-refractivity contribution in [2.45, 2.75) is 12.2 Å². The van der Waals surface area contributed by atoms with Crippen LogP contribution in [0.4, 0.5) is 5.69 Å². The number of carbonyl (C=O) groups is 1. The Morgan fingerprint density at radius 2 is 1.91 bits per heavy atom. The lowest BCUT2D eigenvalue weighted by atomic mass is 9.99. The molecule has 32 heavy (non-hydrogen) atoms. The van der Waals surface area contributed by atoms with Crippen LogP contribution in [0.1, 0.15) is 21.5 Å². The maximum atomic E-state index is 12.8. The fourth-order valence-electron chi connectivity index (χ4n) is 4.54. The highest BCUT2D eigenvalue weighted by atomic mass is 32.2. The summed E-state index contributed by atoms with van der Waals surface area (Å²) in [5.74, 6) is 1.69. The van der Waals surface area contributed by atoms with E-state index in [1.54, 1.807) is 17.8 Å². The van der Waals surface area contributed by atoms with Crippen molar-refractivity contribution in [2.24, 2.45) is 0 Å². The van der Waals surface area contributed by atoms with E-state index in [1.807, 2.05) is 36.7 Å². The Balaban J connectivity index is 1.18. The van der Waals surface area contributed by atoms with Crippen LogP contribution in [0.15, 0.2) is 47.5 Å².